The number of ether oxygens (including phenoxy) is 2. The van der Waals surface area contributed by atoms with Crippen LogP contribution in [0.15, 0.2) is 24.4 Å². The molecule has 0 unspecified atom stereocenters. The zero-order chi connectivity index (χ0) is 19.2. The molecular weight excluding hydrogens is 350 g/mol. The molecule has 2 aliphatic rings. The lowest BCUT2D eigenvalue weighted by atomic mass is 9.94. The number of hydrogen-bond donors (Lipinski definition) is 2. The number of carbonyl (C=O) groups excluding carboxylic acids is 2. The minimum Gasteiger partial charge on any atom is -0.389 e. The first-order valence-corrected chi connectivity index (χ1v) is 9.48. The molecule has 0 aliphatic carbocycles. The molecule has 2 N–H and O–H groups in total. The van der Waals surface area contributed by atoms with Crippen LogP contribution in [0.5, 0.6) is 0 Å². The maximum Gasteiger partial charge on any atom is 0.272 e. The molecule has 0 bridgehead atoms. The van der Waals surface area contributed by atoms with Crippen LogP contribution in [-0.2, 0) is 14.3 Å². The van der Waals surface area contributed by atoms with E-state index in [2.05, 4.69) is 10.3 Å². The number of aliphatic hydroxyl groups excluding tert-OH is 1. The number of β-amino-alcohol motifs (C(OH)–C–C–N with tert-alkyl or cyclic N) is 1. The zero-order valence-electron chi connectivity index (χ0n) is 15.5. The summed E-state index contributed by atoms with van der Waals surface area (Å²) in [5.74, 6) is -0.262. The van der Waals surface area contributed by atoms with Crippen LogP contribution in [0.2, 0.25) is 0 Å². The van der Waals surface area contributed by atoms with E-state index in [1.165, 1.54) is 0 Å². The fourth-order valence-corrected chi connectivity index (χ4v) is 3.69. The highest BCUT2D eigenvalue weighted by Crippen LogP contribution is 2.28. The summed E-state index contributed by atoms with van der Waals surface area (Å²) >= 11 is 0. The number of nitrogens with one attached hydrogen (secondary N) is 1. The van der Waals surface area contributed by atoms with Crippen molar-refractivity contribution in [3.63, 3.8) is 0 Å². The Morgan fingerprint density at radius 1 is 1.33 bits per heavy atom. The minimum atomic E-state index is -0.758. The normalized spacial score (nSPS) is 28.6. The number of fused-ring (bicyclic) bond motifs is 1. The van der Waals surface area contributed by atoms with Gasteiger partial charge in [-0.05, 0) is 31.9 Å². The van der Waals surface area contributed by atoms with E-state index >= 15 is 0 Å². The molecule has 1 aromatic heterocycles. The highest BCUT2D eigenvalue weighted by molar-refractivity contribution is 5.92. The molecule has 8 heteroatoms. The summed E-state index contributed by atoms with van der Waals surface area (Å²) < 4.78 is 11.7. The van der Waals surface area contributed by atoms with Crippen LogP contribution in [-0.4, -0.2) is 77.5 Å². The number of hydrogen-bond acceptors (Lipinski definition) is 6. The molecule has 0 aromatic carbocycles. The van der Waals surface area contributed by atoms with E-state index in [0.29, 0.717) is 31.5 Å². The molecule has 2 saturated heterocycles. The topological polar surface area (TPSA) is 101 Å². The summed E-state index contributed by atoms with van der Waals surface area (Å²) in [6.45, 7) is 3.05. The lowest BCUT2D eigenvalue weighted by molar-refractivity contribution is -0.150. The standard InChI is InChI=1S/C19H27N3O5/c1-2-20-18(24)9-14-6-7-16-17(27-14)12-26-11-13(23)10-22(16)19(25)15-5-3-4-8-21-15/h3-5,8,13-14,16-17,23H,2,6-7,9-12H2,1H3,(H,20,24)/t13-,14+,16+,17-/m1/s1. The molecule has 3 rings (SSSR count). The molecule has 4 atom stereocenters. The van der Waals surface area contributed by atoms with Gasteiger partial charge in [-0.3, -0.25) is 14.6 Å². The Bertz CT molecular complexity index is 641. The number of nitrogens with zero attached hydrogens (tertiary/aromatic N) is 2. The third-order valence-electron chi connectivity index (χ3n) is 4.91. The van der Waals surface area contributed by atoms with Gasteiger partial charge in [0, 0.05) is 19.3 Å². The Hall–Kier alpha value is -2.03. The lowest BCUT2D eigenvalue weighted by Crippen LogP contribution is -2.57. The van der Waals surface area contributed by atoms with E-state index < -0.39 is 6.10 Å². The summed E-state index contributed by atoms with van der Waals surface area (Å²) in [6, 6.07) is 4.97. The summed E-state index contributed by atoms with van der Waals surface area (Å²) in [7, 11) is 0. The Morgan fingerprint density at radius 2 is 2.19 bits per heavy atom. The van der Waals surface area contributed by atoms with Crippen LogP contribution in [0.3, 0.4) is 0 Å². The van der Waals surface area contributed by atoms with Crippen LogP contribution >= 0.6 is 0 Å². The molecule has 148 valence electrons. The molecule has 0 saturated carbocycles. The fraction of sp³-hybridized carbons (Fsp3) is 0.632. The summed E-state index contributed by atoms with van der Waals surface area (Å²) in [5.41, 5.74) is 0.342. The zero-order valence-corrected chi connectivity index (χ0v) is 15.5. The van der Waals surface area contributed by atoms with Gasteiger partial charge in [-0.2, -0.15) is 0 Å². The van der Waals surface area contributed by atoms with Gasteiger partial charge in [-0.1, -0.05) is 6.07 Å². The van der Waals surface area contributed by atoms with Crippen molar-refractivity contribution in [1.29, 1.82) is 0 Å². The van der Waals surface area contributed by atoms with Gasteiger partial charge in [-0.15, -0.1) is 0 Å². The molecule has 1 aromatic rings. The number of rotatable bonds is 4. The highest BCUT2D eigenvalue weighted by atomic mass is 16.5. The summed E-state index contributed by atoms with van der Waals surface area (Å²) in [5, 5.41) is 13.0. The van der Waals surface area contributed by atoms with Crippen molar-refractivity contribution in [2.24, 2.45) is 0 Å². The van der Waals surface area contributed by atoms with Gasteiger partial charge in [0.1, 0.15) is 11.8 Å². The van der Waals surface area contributed by atoms with Gasteiger partial charge in [0.05, 0.1) is 37.9 Å². The van der Waals surface area contributed by atoms with Crippen molar-refractivity contribution < 1.29 is 24.2 Å². The van der Waals surface area contributed by atoms with E-state index in [0.717, 1.165) is 0 Å². The van der Waals surface area contributed by atoms with Gasteiger partial charge < -0.3 is 24.8 Å². The molecule has 3 heterocycles. The molecule has 0 spiro atoms. The predicted octanol–water partition coefficient (Wildman–Crippen LogP) is 0.357. The third kappa shape index (κ3) is 5.03. The Labute approximate surface area is 158 Å². The maximum absolute atomic E-state index is 13.0. The third-order valence-corrected chi connectivity index (χ3v) is 4.91. The van der Waals surface area contributed by atoms with Crippen molar-refractivity contribution in [2.45, 2.75) is 50.5 Å². The van der Waals surface area contributed by atoms with Gasteiger partial charge in [0.25, 0.3) is 5.91 Å². The number of aliphatic hydroxyl groups is 1. The van der Waals surface area contributed by atoms with Crippen molar-refractivity contribution in [2.75, 3.05) is 26.3 Å². The van der Waals surface area contributed by atoms with Gasteiger partial charge in [-0.25, -0.2) is 0 Å². The first kappa shape index (κ1) is 19.7. The summed E-state index contributed by atoms with van der Waals surface area (Å²) in [4.78, 5) is 30.7. The van der Waals surface area contributed by atoms with Crippen molar-refractivity contribution in [1.82, 2.24) is 15.2 Å². The number of carbonyl (C=O) groups is 2. The fourth-order valence-electron chi connectivity index (χ4n) is 3.69. The second-order valence-electron chi connectivity index (χ2n) is 6.96. The summed E-state index contributed by atoms with van der Waals surface area (Å²) in [6.07, 6.45) is 1.94. The van der Waals surface area contributed by atoms with Gasteiger partial charge in [0.15, 0.2) is 0 Å². The SMILES string of the molecule is CCNC(=O)C[C@@H]1CC[C@H]2[C@@H](COC[C@H](O)CN2C(=O)c2ccccn2)O1. The van der Waals surface area contributed by atoms with Crippen LogP contribution in [0.1, 0.15) is 36.7 Å². The molecule has 27 heavy (non-hydrogen) atoms. The molecule has 8 nitrogen and oxygen atoms in total. The van der Waals surface area contributed by atoms with Crippen LogP contribution in [0.25, 0.3) is 0 Å². The van der Waals surface area contributed by atoms with E-state index in [4.69, 9.17) is 9.47 Å². The predicted molar refractivity (Wildman–Crippen MR) is 97.1 cm³/mol. The van der Waals surface area contributed by atoms with E-state index in [1.54, 1.807) is 29.3 Å². The number of pyridine rings is 1. The molecule has 2 fully saturated rings. The minimum absolute atomic E-state index is 0.0375. The molecule has 2 amide bonds. The second kappa shape index (κ2) is 9.25. The maximum atomic E-state index is 13.0. The van der Waals surface area contributed by atoms with Crippen LogP contribution in [0, 0.1) is 0 Å². The second-order valence-corrected chi connectivity index (χ2v) is 6.96. The Kier molecular flexibility index (Phi) is 6.76. The molecule has 2 aliphatic heterocycles. The average molecular weight is 377 g/mol. The smallest absolute Gasteiger partial charge is 0.272 e. The number of aromatic nitrogens is 1. The highest BCUT2D eigenvalue weighted by Gasteiger charge is 2.40. The quantitative estimate of drug-likeness (QED) is 0.786. The van der Waals surface area contributed by atoms with Crippen LogP contribution < -0.4 is 5.32 Å². The van der Waals surface area contributed by atoms with Gasteiger partial charge in [0.2, 0.25) is 5.91 Å². The Morgan fingerprint density at radius 3 is 2.93 bits per heavy atom. The van der Waals surface area contributed by atoms with Crippen molar-refractivity contribution in [3.05, 3.63) is 30.1 Å². The lowest BCUT2D eigenvalue weighted by Gasteiger charge is -2.44. The molecule has 0 radical (unpaired) electrons. The van der Waals surface area contributed by atoms with Crippen molar-refractivity contribution in [3.8, 4) is 0 Å². The molecular formula is C19H27N3O5. The first-order chi connectivity index (χ1) is 13.1. The van der Waals surface area contributed by atoms with Gasteiger partial charge >= 0.3 is 0 Å². The monoisotopic (exact) mass is 377 g/mol. The van der Waals surface area contributed by atoms with E-state index in [9.17, 15) is 14.7 Å². The van der Waals surface area contributed by atoms with Crippen LogP contribution in [0.4, 0.5) is 0 Å². The Balaban J connectivity index is 1.74. The van der Waals surface area contributed by atoms with E-state index in [-0.39, 0.29) is 49.8 Å². The average Bonchev–Trinajstić information content (AvgIpc) is 2.65. The number of amides is 2. The van der Waals surface area contributed by atoms with Crippen molar-refractivity contribution >= 4 is 11.8 Å². The largest absolute Gasteiger partial charge is 0.389 e. The first-order valence-electron chi connectivity index (χ1n) is 9.48. The van der Waals surface area contributed by atoms with E-state index in [1.807, 2.05) is 6.92 Å².